The number of aromatic nitrogens is 1. The third-order valence-electron chi connectivity index (χ3n) is 7.70. The third kappa shape index (κ3) is 11.2. The SMILES string of the molecule is CCC(NC(=O)N[C@@H](C)C(=O)N[C@@H](Cc1ccccc1)[C@H](O)CN(CC(C)C)S(=O)(=O)c1ccc(CN=O)cc1)c1csc(C(C)C)n1. The van der Waals surface area contributed by atoms with Gasteiger partial charge in [-0.3, -0.25) is 4.79 Å². The summed E-state index contributed by atoms with van der Waals surface area (Å²) in [4.78, 5) is 41.6. The highest BCUT2D eigenvalue weighted by Crippen LogP contribution is 2.24. The van der Waals surface area contributed by atoms with Gasteiger partial charge < -0.3 is 21.1 Å². The topological polar surface area (TPSA) is 170 Å². The van der Waals surface area contributed by atoms with Crippen LogP contribution in [0.25, 0.3) is 0 Å². The number of thiazole rings is 1. The van der Waals surface area contributed by atoms with Crippen LogP contribution >= 0.6 is 11.3 Å². The first-order valence-corrected chi connectivity index (χ1v) is 18.5. The van der Waals surface area contributed by atoms with E-state index < -0.39 is 40.1 Å². The highest BCUT2D eigenvalue weighted by atomic mass is 32.2. The second-order valence-electron chi connectivity index (χ2n) is 12.6. The number of carbonyl (C=O) groups is 2. The van der Waals surface area contributed by atoms with Crippen molar-refractivity contribution in [1.29, 1.82) is 0 Å². The average Bonchev–Trinajstić information content (AvgIpc) is 3.54. The Morgan fingerprint density at radius 1 is 0.938 bits per heavy atom. The predicted octanol–water partition coefficient (Wildman–Crippen LogP) is 5.11. The molecule has 1 aromatic heterocycles. The number of sulfonamides is 1. The Morgan fingerprint density at radius 3 is 2.17 bits per heavy atom. The first kappa shape index (κ1) is 38.7. The summed E-state index contributed by atoms with van der Waals surface area (Å²) in [5.74, 6) is -0.329. The number of benzene rings is 2. The summed E-state index contributed by atoms with van der Waals surface area (Å²) in [7, 11) is -4.05. The number of aliphatic hydroxyl groups excluding tert-OH is 1. The maximum atomic E-state index is 13.7. The number of aliphatic hydroxyl groups is 1. The van der Waals surface area contributed by atoms with Crippen LogP contribution in [0.5, 0.6) is 0 Å². The van der Waals surface area contributed by atoms with Gasteiger partial charge in [-0.1, -0.05) is 82.3 Å². The van der Waals surface area contributed by atoms with Crippen LogP contribution < -0.4 is 16.0 Å². The van der Waals surface area contributed by atoms with Crippen molar-refractivity contribution in [2.75, 3.05) is 13.1 Å². The van der Waals surface area contributed by atoms with Crippen molar-refractivity contribution in [1.82, 2.24) is 25.2 Å². The molecule has 0 aliphatic heterocycles. The fraction of sp³-hybridized carbons (Fsp3) is 0.500. The summed E-state index contributed by atoms with van der Waals surface area (Å²) in [6.07, 6.45) is -0.474. The average molecular weight is 701 g/mol. The van der Waals surface area contributed by atoms with E-state index in [0.717, 1.165) is 16.3 Å². The molecule has 0 saturated carbocycles. The maximum Gasteiger partial charge on any atom is 0.315 e. The molecule has 262 valence electrons. The number of nitroso groups, excluding NO2 is 1. The largest absolute Gasteiger partial charge is 0.390 e. The van der Waals surface area contributed by atoms with Gasteiger partial charge in [0.1, 0.15) is 12.6 Å². The highest BCUT2D eigenvalue weighted by molar-refractivity contribution is 7.89. The Bertz CT molecular complexity index is 1580. The van der Waals surface area contributed by atoms with Crippen molar-refractivity contribution < 1.29 is 23.1 Å². The monoisotopic (exact) mass is 700 g/mol. The standard InChI is InChI=1S/C34H48N6O6S2/c1-7-28(30-21-47-33(38-30)23(4)5)39-34(43)36-24(6)32(42)37-29(17-25-11-9-8-10-12-25)31(41)20-40(19-22(2)3)48(45,46)27-15-13-26(14-16-27)18-35-44/h8-16,21-24,28-29,31,41H,7,17-20H2,1-6H3,(H,37,42)(H2,36,39,43)/t24-,28?,29-,31+/m0/s1. The zero-order valence-corrected chi connectivity index (χ0v) is 30.1. The molecular weight excluding hydrogens is 653 g/mol. The van der Waals surface area contributed by atoms with E-state index in [-0.39, 0.29) is 48.8 Å². The van der Waals surface area contributed by atoms with Crippen LogP contribution in [0.3, 0.4) is 0 Å². The highest BCUT2D eigenvalue weighted by Gasteiger charge is 2.32. The number of nitrogens with zero attached hydrogens (tertiary/aromatic N) is 3. The lowest BCUT2D eigenvalue weighted by atomic mass is 10.0. The Balaban J connectivity index is 1.76. The maximum absolute atomic E-state index is 13.7. The third-order valence-corrected chi connectivity index (χ3v) is 10.7. The van der Waals surface area contributed by atoms with Gasteiger partial charge in [-0.2, -0.15) is 9.21 Å². The lowest BCUT2D eigenvalue weighted by Gasteiger charge is -2.31. The van der Waals surface area contributed by atoms with Crippen LogP contribution in [-0.2, 0) is 27.8 Å². The van der Waals surface area contributed by atoms with Crippen molar-refractivity contribution >= 4 is 33.3 Å². The molecular formula is C34H48N6O6S2. The summed E-state index contributed by atoms with van der Waals surface area (Å²) in [6.45, 7) is 11.1. The molecule has 12 nitrogen and oxygen atoms in total. The van der Waals surface area contributed by atoms with Crippen molar-refractivity contribution in [2.45, 2.75) is 96.0 Å². The number of rotatable bonds is 18. The van der Waals surface area contributed by atoms with E-state index in [9.17, 15) is 28.0 Å². The van der Waals surface area contributed by atoms with E-state index in [1.165, 1.54) is 28.6 Å². The molecule has 3 rings (SSSR count). The zero-order valence-electron chi connectivity index (χ0n) is 28.4. The van der Waals surface area contributed by atoms with E-state index in [4.69, 9.17) is 0 Å². The number of urea groups is 1. The molecule has 4 atom stereocenters. The van der Waals surface area contributed by atoms with E-state index in [1.54, 1.807) is 18.3 Å². The minimum atomic E-state index is -4.05. The van der Waals surface area contributed by atoms with Gasteiger partial charge in [-0.25, -0.2) is 18.2 Å². The normalized spacial score (nSPS) is 14.4. The van der Waals surface area contributed by atoms with Gasteiger partial charge in [0.05, 0.1) is 33.8 Å². The minimum absolute atomic E-state index is 0.0148. The summed E-state index contributed by atoms with van der Waals surface area (Å²) in [6, 6.07) is 12.4. The van der Waals surface area contributed by atoms with Crippen LogP contribution in [0.4, 0.5) is 4.79 Å². The van der Waals surface area contributed by atoms with Gasteiger partial charge in [-0.05, 0) is 48.9 Å². The van der Waals surface area contributed by atoms with Crippen LogP contribution in [0.15, 0.2) is 70.0 Å². The molecule has 0 aliphatic carbocycles. The first-order chi connectivity index (χ1) is 22.7. The molecule has 4 N–H and O–H groups in total. The summed E-state index contributed by atoms with van der Waals surface area (Å²) < 4.78 is 28.7. The summed E-state index contributed by atoms with van der Waals surface area (Å²) >= 11 is 1.54. The van der Waals surface area contributed by atoms with Gasteiger partial charge in [-0.15, -0.1) is 11.3 Å². The molecule has 0 saturated heterocycles. The Hall–Kier alpha value is -3.72. The molecule has 3 aromatic rings. The van der Waals surface area contributed by atoms with Crippen LogP contribution in [0, 0.1) is 10.8 Å². The fourth-order valence-electron chi connectivity index (χ4n) is 5.04. The Kier molecular flexibility index (Phi) is 14.6. The number of carbonyl (C=O) groups excluding carboxylic acids is 2. The fourth-order valence-corrected chi connectivity index (χ4v) is 7.55. The van der Waals surface area contributed by atoms with Crippen LogP contribution in [0.2, 0.25) is 0 Å². The number of nitrogens with one attached hydrogen (secondary N) is 3. The van der Waals surface area contributed by atoms with Crippen LogP contribution in [-0.4, -0.2) is 66.0 Å². The minimum Gasteiger partial charge on any atom is -0.390 e. The molecule has 2 aromatic carbocycles. The van der Waals surface area contributed by atoms with Gasteiger partial charge in [0.25, 0.3) is 0 Å². The van der Waals surface area contributed by atoms with Crippen molar-refractivity contribution in [3.05, 3.63) is 86.7 Å². The molecule has 0 radical (unpaired) electrons. The lowest BCUT2D eigenvalue weighted by Crippen LogP contribution is -2.56. The molecule has 0 bridgehead atoms. The molecule has 0 aliphatic rings. The number of hydrogen-bond donors (Lipinski definition) is 4. The smallest absolute Gasteiger partial charge is 0.315 e. The van der Waals surface area contributed by atoms with Crippen LogP contribution in [0.1, 0.15) is 81.8 Å². The predicted molar refractivity (Wildman–Crippen MR) is 188 cm³/mol. The second kappa shape index (κ2) is 18.2. The van der Waals surface area contributed by atoms with E-state index in [1.807, 2.05) is 56.5 Å². The van der Waals surface area contributed by atoms with Gasteiger partial charge in [0.2, 0.25) is 15.9 Å². The van der Waals surface area contributed by atoms with Gasteiger partial charge in [0.15, 0.2) is 0 Å². The number of hydrogen-bond acceptors (Lipinski definition) is 9. The van der Waals surface area contributed by atoms with Crippen molar-refractivity contribution in [2.24, 2.45) is 11.1 Å². The Morgan fingerprint density at radius 2 is 1.60 bits per heavy atom. The van der Waals surface area contributed by atoms with E-state index >= 15 is 0 Å². The molecule has 0 fully saturated rings. The quantitative estimate of drug-likeness (QED) is 0.134. The molecule has 14 heteroatoms. The Labute approximate surface area is 287 Å². The molecule has 0 spiro atoms. The molecule has 48 heavy (non-hydrogen) atoms. The van der Waals surface area contributed by atoms with Gasteiger partial charge in [0, 0.05) is 24.4 Å². The number of amides is 3. The van der Waals surface area contributed by atoms with Gasteiger partial charge >= 0.3 is 6.03 Å². The zero-order chi connectivity index (χ0) is 35.4. The lowest BCUT2D eigenvalue weighted by molar-refractivity contribution is -0.124. The molecule has 3 amide bonds. The van der Waals surface area contributed by atoms with Crippen molar-refractivity contribution in [3.8, 4) is 0 Å². The second-order valence-corrected chi connectivity index (χ2v) is 15.4. The molecule has 1 unspecified atom stereocenters. The van der Waals surface area contributed by atoms with Crippen molar-refractivity contribution in [3.63, 3.8) is 0 Å². The molecule has 1 heterocycles. The van der Waals surface area contributed by atoms with E-state index in [0.29, 0.717) is 12.0 Å². The summed E-state index contributed by atoms with van der Waals surface area (Å²) in [5, 5.41) is 25.7. The summed E-state index contributed by atoms with van der Waals surface area (Å²) in [5.41, 5.74) is 2.17. The van der Waals surface area contributed by atoms with E-state index in [2.05, 4.69) is 40.0 Å². The first-order valence-electron chi connectivity index (χ1n) is 16.2.